The van der Waals surface area contributed by atoms with E-state index in [1.54, 1.807) is 0 Å². The van der Waals surface area contributed by atoms with Gasteiger partial charge in [0.25, 0.3) is 0 Å². The number of rotatable bonds is 2. The fourth-order valence-corrected chi connectivity index (χ4v) is 2.84. The van der Waals surface area contributed by atoms with Crippen LogP contribution in [0.2, 0.25) is 0 Å². The zero-order valence-corrected chi connectivity index (χ0v) is 11.3. The van der Waals surface area contributed by atoms with Crippen molar-refractivity contribution >= 4 is 11.6 Å². The lowest BCUT2D eigenvalue weighted by atomic mass is 9.84. The van der Waals surface area contributed by atoms with Gasteiger partial charge in [0.1, 0.15) is 6.10 Å². The number of nitrogens with one attached hydrogen (secondary N) is 1. The van der Waals surface area contributed by atoms with E-state index in [9.17, 15) is 9.90 Å². The number of aliphatic hydroxyl groups is 1. The smallest absolute Gasteiger partial charge is 0.234 e. The summed E-state index contributed by atoms with van der Waals surface area (Å²) in [5, 5.41) is 13.2. The second kappa shape index (κ2) is 4.32. The summed E-state index contributed by atoms with van der Waals surface area (Å²) in [5.74, 6) is 0.00579. The van der Waals surface area contributed by atoms with Gasteiger partial charge in [-0.2, -0.15) is 0 Å². The quantitative estimate of drug-likeness (QED) is 0.857. The van der Waals surface area contributed by atoms with Crippen molar-refractivity contribution in [3.05, 3.63) is 29.3 Å². The van der Waals surface area contributed by atoms with Crippen LogP contribution in [0, 0.1) is 0 Å². The van der Waals surface area contributed by atoms with E-state index < -0.39 is 11.5 Å². The first-order valence-electron chi connectivity index (χ1n) is 6.75. The predicted octanol–water partition coefficient (Wildman–Crippen LogP) is 2.13. The lowest BCUT2D eigenvalue weighted by Gasteiger charge is -2.20. The number of hydrogen-bond acceptors (Lipinski definition) is 3. The Labute approximate surface area is 112 Å². The summed E-state index contributed by atoms with van der Waals surface area (Å²) in [6, 6.07) is 5.67. The zero-order chi connectivity index (χ0) is 13.6. The summed E-state index contributed by atoms with van der Waals surface area (Å²) < 4.78 is 5.53. The van der Waals surface area contributed by atoms with E-state index in [0.29, 0.717) is 0 Å². The van der Waals surface area contributed by atoms with Crippen LogP contribution < -0.4 is 5.32 Å². The van der Waals surface area contributed by atoms with Crippen molar-refractivity contribution in [2.24, 2.45) is 0 Å². The van der Waals surface area contributed by atoms with E-state index in [2.05, 4.69) is 5.32 Å². The van der Waals surface area contributed by atoms with Gasteiger partial charge in [-0.25, -0.2) is 0 Å². The molecule has 2 heterocycles. The van der Waals surface area contributed by atoms with Crippen molar-refractivity contribution in [2.45, 2.75) is 44.3 Å². The number of aliphatic hydroxyl groups excluding tert-OH is 1. The number of fused-ring (bicyclic) bond motifs is 1. The van der Waals surface area contributed by atoms with Gasteiger partial charge in [0, 0.05) is 12.3 Å². The van der Waals surface area contributed by atoms with Gasteiger partial charge in [0.2, 0.25) is 5.91 Å². The Hall–Kier alpha value is -1.39. The lowest BCUT2D eigenvalue weighted by Crippen LogP contribution is -2.27. The van der Waals surface area contributed by atoms with Gasteiger partial charge in [-0.15, -0.1) is 0 Å². The highest BCUT2D eigenvalue weighted by Crippen LogP contribution is 2.39. The molecule has 1 aromatic rings. The first-order chi connectivity index (χ1) is 9.00. The third kappa shape index (κ3) is 1.95. The maximum absolute atomic E-state index is 11.9. The third-order valence-electron chi connectivity index (χ3n) is 4.19. The standard InChI is InChI=1S/C15H19NO3/c1-15(2)10-8-9(5-6-11(10)16-14(15)18)13(17)12-4-3-7-19-12/h5-6,8,12-13,17H,3-4,7H2,1-2H3,(H,16,18). The molecule has 102 valence electrons. The fourth-order valence-electron chi connectivity index (χ4n) is 2.84. The number of carbonyl (C=O) groups is 1. The number of carbonyl (C=O) groups excluding carboxylic acids is 1. The molecule has 1 aromatic carbocycles. The molecule has 1 fully saturated rings. The van der Waals surface area contributed by atoms with Gasteiger partial charge in [-0.05, 0) is 49.9 Å². The molecule has 19 heavy (non-hydrogen) atoms. The van der Waals surface area contributed by atoms with Crippen LogP contribution in [0.25, 0.3) is 0 Å². The first kappa shape index (κ1) is 12.6. The SMILES string of the molecule is CC1(C)C(=O)Nc2ccc(C(O)C3CCCO3)cc21. The Bertz CT molecular complexity index is 518. The summed E-state index contributed by atoms with van der Waals surface area (Å²) in [6.45, 7) is 4.52. The van der Waals surface area contributed by atoms with E-state index in [1.807, 2.05) is 32.0 Å². The average Bonchev–Trinajstić information content (AvgIpc) is 2.98. The molecule has 2 unspecified atom stereocenters. The van der Waals surface area contributed by atoms with Gasteiger partial charge in [0.05, 0.1) is 11.5 Å². The number of anilines is 1. The van der Waals surface area contributed by atoms with Crippen LogP contribution in [0.15, 0.2) is 18.2 Å². The number of benzene rings is 1. The molecule has 4 heteroatoms. The molecule has 0 aliphatic carbocycles. The molecule has 2 atom stereocenters. The Kier molecular flexibility index (Phi) is 2.87. The van der Waals surface area contributed by atoms with Crippen LogP contribution in [0.4, 0.5) is 5.69 Å². The van der Waals surface area contributed by atoms with Crippen LogP contribution in [0.1, 0.15) is 43.9 Å². The maximum atomic E-state index is 11.9. The summed E-state index contributed by atoms with van der Waals surface area (Å²) in [7, 11) is 0. The molecule has 0 saturated carbocycles. The molecule has 0 aromatic heterocycles. The minimum absolute atomic E-state index is 0.00579. The van der Waals surface area contributed by atoms with Crippen LogP contribution in [0.3, 0.4) is 0 Å². The maximum Gasteiger partial charge on any atom is 0.234 e. The van der Waals surface area contributed by atoms with Crippen LogP contribution in [-0.2, 0) is 14.9 Å². The van der Waals surface area contributed by atoms with Gasteiger partial charge in [0.15, 0.2) is 0 Å². The van der Waals surface area contributed by atoms with Crippen molar-refractivity contribution in [1.82, 2.24) is 0 Å². The molecule has 2 N–H and O–H groups in total. The van der Waals surface area contributed by atoms with Gasteiger partial charge in [-0.3, -0.25) is 4.79 Å². The van der Waals surface area contributed by atoms with Gasteiger partial charge in [-0.1, -0.05) is 6.07 Å². The zero-order valence-electron chi connectivity index (χ0n) is 11.3. The van der Waals surface area contributed by atoms with Crippen LogP contribution in [0.5, 0.6) is 0 Å². The molecule has 0 radical (unpaired) electrons. The van der Waals surface area contributed by atoms with E-state index in [1.165, 1.54) is 0 Å². The second-order valence-corrected chi connectivity index (χ2v) is 5.88. The fraction of sp³-hybridized carbons (Fsp3) is 0.533. The van der Waals surface area contributed by atoms with E-state index in [-0.39, 0.29) is 12.0 Å². The van der Waals surface area contributed by atoms with Gasteiger partial charge >= 0.3 is 0 Å². The molecule has 0 spiro atoms. The Morgan fingerprint density at radius 1 is 1.47 bits per heavy atom. The molecule has 1 amide bonds. The molecule has 2 aliphatic rings. The molecule has 2 aliphatic heterocycles. The number of ether oxygens (including phenoxy) is 1. The molecule has 3 rings (SSSR count). The minimum atomic E-state index is -0.612. The Balaban J connectivity index is 1.94. The topological polar surface area (TPSA) is 58.6 Å². The second-order valence-electron chi connectivity index (χ2n) is 5.88. The summed E-state index contributed by atoms with van der Waals surface area (Å²) in [5.41, 5.74) is 2.09. The van der Waals surface area contributed by atoms with Crippen molar-refractivity contribution < 1.29 is 14.6 Å². The molecule has 0 bridgehead atoms. The van der Waals surface area contributed by atoms with Crippen molar-refractivity contribution in [3.63, 3.8) is 0 Å². The highest BCUT2D eigenvalue weighted by Gasteiger charge is 2.39. The largest absolute Gasteiger partial charge is 0.386 e. The number of hydrogen-bond donors (Lipinski definition) is 2. The third-order valence-corrected chi connectivity index (χ3v) is 4.19. The van der Waals surface area contributed by atoms with Crippen molar-refractivity contribution in [1.29, 1.82) is 0 Å². The highest BCUT2D eigenvalue weighted by molar-refractivity contribution is 6.05. The summed E-state index contributed by atoms with van der Waals surface area (Å²) >= 11 is 0. The predicted molar refractivity (Wildman–Crippen MR) is 72.0 cm³/mol. The van der Waals surface area contributed by atoms with Gasteiger partial charge < -0.3 is 15.2 Å². The van der Waals surface area contributed by atoms with E-state index >= 15 is 0 Å². The van der Waals surface area contributed by atoms with E-state index in [0.717, 1.165) is 36.3 Å². The monoisotopic (exact) mass is 261 g/mol. The molecular weight excluding hydrogens is 242 g/mol. The highest BCUT2D eigenvalue weighted by atomic mass is 16.5. The van der Waals surface area contributed by atoms with Crippen LogP contribution >= 0.6 is 0 Å². The molecule has 4 nitrogen and oxygen atoms in total. The summed E-state index contributed by atoms with van der Waals surface area (Å²) in [6.07, 6.45) is 1.15. The molecular formula is C15H19NO3. The number of amides is 1. The Morgan fingerprint density at radius 3 is 2.95 bits per heavy atom. The van der Waals surface area contributed by atoms with Crippen LogP contribution in [-0.4, -0.2) is 23.7 Å². The Morgan fingerprint density at radius 2 is 2.26 bits per heavy atom. The normalized spacial score (nSPS) is 26.1. The van der Waals surface area contributed by atoms with E-state index in [4.69, 9.17) is 4.74 Å². The summed E-state index contributed by atoms with van der Waals surface area (Å²) in [4.78, 5) is 11.9. The average molecular weight is 261 g/mol. The molecule has 1 saturated heterocycles. The lowest BCUT2D eigenvalue weighted by molar-refractivity contribution is -0.119. The van der Waals surface area contributed by atoms with Crippen molar-refractivity contribution in [2.75, 3.05) is 11.9 Å². The first-order valence-corrected chi connectivity index (χ1v) is 6.75. The van der Waals surface area contributed by atoms with Crippen molar-refractivity contribution in [3.8, 4) is 0 Å². The minimum Gasteiger partial charge on any atom is -0.386 e.